The van der Waals surface area contributed by atoms with E-state index in [4.69, 9.17) is 9.47 Å². The van der Waals surface area contributed by atoms with E-state index in [0.717, 1.165) is 90.3 Å². The molecule has 2 aliphatic rings. The highest BCUT2D eigenvalue weighted by Crippen LogP contribution is 2.37. The van der Waals surface area contributed by atoms with Crippen LogP contribution in [0.3, 0.4) is 0 Å². The SMILES string of the molecule is Cc1ncn(-c2cccc(-n3ccnc3)c2COc2ccc3c(c2)-c2cc(C(=O)CC(=O)c4ccc5c(c4)-c4cc(OCc6c(-n7cnc(C)c7C)cccc6-n6cnc(C)c6C)ccc4[Si]5(c4ccccc4)c4ccccc4)ccc2[Si]3(c2ccccc2)c2ccccc2)c1C. The van der Waals surface area contributed by atoms with E-state index in [1.165, 1.54) is 41.5 Å². The van der Waals surface area contributed by atoms with Crippen molar-refractivity contribution < 1.29 is 19.1 Å². The molecule has 14 aromatic rings. The molecule has 0 aliphatic carbocycles. The quantitative estimate of drug-likeness (QED) is 0.0473. The largest absolute Gasteiger partial charge is 0.489 e. The number of imidazole rings is 4. The van der Waals surface area contributed by atoms with E-state index in [1.807, 2.05) is 80.8 Å². The molecule has 2 aliphatic heterocycles. The molecule has 6 heterocycles. The van der Waals surface area contributed by atoms with Crippen LogP contribution in [0.1, 0.15) is 72.4 Å². The normalized spacial score (nSPS) is 13.0. The number of benzene rings is 10. The van der Waals surface area contributed by atoms with Gasteiger partial charge in [-0.25, -0.2) is 19.9 Å². The highest BCUT2D eigenvalue weighted by molar-refractivity contribution is 7.23. The molecular formula is C83H68N8O4Si2. The maximum Gasteiger partial charge on any atom is 0.180 e. The minimum atomic E-state index is -3.02. The summed E-state index contributed by atoms with van der Waals surface area (Å²) in [6, 6.07) is 81.0. The Kier molecular flexibility index (Phi) is 15.1. The number of fused-ring (bicyclic) bond motifs is 6. The number of carbonyl (C=O) groups excluding carboxylic acids is 2. The summed E-state index contributed by atoms with van der Waals surface area (Å²) in [6.45, 7) is 12.8. The molecule has 0 saturated carbocycles. The minimum Gasteiger partial charge on any atom is -0.489 e. The van der Waals surface area contributed by atoms with Crippen molar-refractivity contribution in [2.24, 2.45) is 0 Å². The van der Waals surface area contributed by atoms with Gasteiger partial charge in [0.25, 0.3) is 0 Å². The number of hydrogen-bond acceptors (Lipinski definition) is 8. The van der Waals surface area contributed by atoms with Crippen molar-refractivity contribution in [1.82, 2.24) is 38.2 Å². The summed E-state index contributed by atoms with van der Waals surface area (Å²) in [7, 11) is -6.03. The molecular weight excluding hydrogens is 1230 g/mol. The third-order valence-corrected chi connectivity index (χ3v) is 30.1. The first-order chi connectivity index (χ1) is 47.4. The average molecular weight is 1300 g/mol. The van der Waals surface area contributed by atoms with E-state index < -0.39 is 16.1 Å². The number of hydrogen-bond donors (Lipinski definition) is 0. The molecule has 0 fully saturated rings. The lowest BCUT2D eigenvalue weighted by Crippen LogP contribution is -2.72. The Bertz CT molecular complexity index is 5250. The number of rotatable bonds is 18. The second-order valence-corrected chi connectivity index (χ2v) is 32.8. The van der Waals surface area contributed by atoms with Crippen LogP contribution in [0.5, 0.6) is 11.5 Å². The van der Waals surface area contributed by atoms with Crippen molar-refractivity contribution in [2.45, 2.75) is 61.2 Å². The summed E-state index contributed by atoms with van der Waals surface area (Å²) >= 11 is 0. The number of ether oxygens (including phenoxy) is 2. The molecule has 0 N–H and O–H groups in total. The van der Waals surface area contributed by atoms with Gasteiger partial charge in [0.2, 0.25) is 0 Å². The number of aryl methyl sites for hydroxylation is 3. The zero-order valence-corrected chi connectivity index (χ0v) is 56.7. The van der Waals surface area contributed by atoms with Crippen LogP contribution in [-0.4, -0.2) is 65.9 Å². The van der Waals surface area contributed by atoms with E-state index in [1.54, 1.807) is 12.5 Å². The van der Waals surface area contributed by atoms with Gasteiger partial charge in [-0.3, -0.25) is 9.59 Å². The Labute approximate surface area is 565 Å². The summed E-state index contributed by atoms with van der Waals surface area (Å²) in [6.07, 6.45) is 10.8. The third kappa shape index (κ3) is 9.92. The zero-order valence-electron chi connectivity index (χ0n) is 54.7. The number of Topliss-reactive ketones (excluding diaryl/α,β-unsaturated/α-hetero) is 2. The summed E-state index contributed by atoms with van der Waals surface area (Å²) in [5, 5.41) is 9.63. The Hall–Kier alpha value is -11.6. The van der Waals surface area contributed by atoms with Crippen LogP contribution in [0, 0.1) is 41.5 Å². The van der Waals surface area contributed by atoms with Gasteiger partial charge in [0, 0.05) is 51.7 Å². The second-order valence-electron chi connectivity index (χ2n) is 25.4. The van der Waals surface area contributed by atoms with Gasteiger partial charge in [0.15, 0.2) is 27.7 Å². The fourth-order valence-electron chi connectivity index (χ4n) is 15.1. The highest BCUT2D eigenvalue weighted by atomic mass is 28.3. The molecule has 16 rings (SSSR count). The topological polar surface area (TPSA) is 124 Å². The van der Waals surface area contributed by atoms with E-state index in [0.29, 0.717) is 22.6 Å². The van der Waals surface area contributed by atoms with Crippen LogP contribution in [0.4, 0.5) is 0 Å². The molecule has 0 radical (unpaired) electrons. The van der Waals surface area contributed by atoms with E-state index in [-0.39, 0.29) is 31.2 Å². The first-order valence-corrected chi connectivity index (χ1v) is 36.8. The van der Waals surface area contributed by atoms with Crippen LogP contribution in [0.25, 0.3) is 45.0 Å². The summed E-state index contributed by atoms with van der Waals surface area (Å²) in [4.78, 5) is 48.9. The third-order valence-electron chi connectivity index (χ3n) is 20.3. The maximum absolute atomic E-state index is 15.2. The molecule has 0 spiro atoms. The Balaban J connectivity index is 0.770. The fraction of sp³-hybridized carbons (Fsp3) is 0.108. The minimum absolute atomic E-state index is 0.242. The molecule has 4 aromatic heterocycles. The molecule has 12 nitrogen and oxygen atoms in total. The lowest BCUT2D eigenvalue weighted by atomic mass is 9.96. The lowest BCUT2D eigenvalue weighted by molar-refractivity contribution is 0.0894. The molecule has 0 saturated heterocycles. The van der Waals surface area contributed by atoms with Crippen molar-refractivity contribution in [3.8, 4) is 56.5 Å². The highest BCUT2D eigenvalue weighted by Gasteiger charge is 2.51. The monoisotopic (exact) mass is 1300 g/mol. The van der Waals surface area contributed by atoms with Gasteiger partial charge in [0.05, 0.1) is 71.6 Å². The van der Waals surface area contributed by atoms with Crippen molar-refractivity contribution in [2.75, 3.05) is 0 Å². The molecule has 0 bridgehead atoms. The molecule has 0 atom stereocenters. The summed E-state index contributed by atoms with van der Waals surface area (Å²) in [5.74, 6) is 0.848. The predicted octanol–water partition coefficient (Wildman–Crippen LogP) is 11.6. The Morgan fingerprint density at radius 3 is 1.05 bits per heavy atom. The zero-order chi connectivity index (χ0) is 66.1. The van der Waals surface area contributed by atoms with Gasteiger partial charge in [-0.05, 0) is 166 Å². The molecule has 0 amide bonds. The molecule has 10 aromatic carbocycles. The average Bonchev–Trinajstić information content (AvgIpc) is 1.55. The summed E-state index contributed by atoms with van der Waals surface area (Å²) < 4.78 is 22.4. The van der Waals surface area contributed by atoms with Crippen LogP contribution in [0.2, 0.25) is 0 Å². The lowest BCUT2D eigenvalue weighted by Gasteiger charge is -2.31. The van der Waals surface area contributed by atoms with E-state index in [2.05, 4.69) is 255 Å². The molecule has 14 heteroatoms. The molecule has 472 valence electrons. The Morgan fingerprint density at radius 1 is 0.371 bits per heavy atom. The van der Waals surface area contributed by atoms with E-state index in [9.17, 15) is 0 Å². The van der Waals surface area contributed by atoms with Crippen molar-refractivity contribution in [1.29, 1.82) is 0 Å². The first kappa shape index (κ1) is 60.4. The van der Waals surface area contributed by atoms with Gasteiger partial charge in [-0.15, -0.1) is 0 Å². The first-order valence-electron chi connectivity index (χ1n) is 32.8. The van der Waals surface area contributed by atoms with Crippen molar-refractivity contribution in [3.05, 3.63) is 325 Å². The van der Waals surface area contributed by atoms with Crippen molar-refractivity contribution in [3.63, 3.8) is 0 Å². The van der Waals surface area contributed by atoms with Gasteiger partial charge >= 0.3 is 0 Å². The summed E-state index contributed by atoms with van der Waals surface area (Å²) in [5.41, 5.74) is 16.6. The van der Waals surface area contributed by atoms with Crippen LogP contribution < -0.4 is 51.0 Å². The maximum atomic E-state index is 15.2. The smallest absolute Gasteiger partial charge is 0.180 e. The van der Waals surface area contributed by atoms with Gasteiger partial charge in [0.1, 0.15) is 24.7 Å². The van der Waals surface area contributed by atoms with E-state index >= 15 is 9.59 Å². The van der Waals surface area contributed by atoms with Crippen LogP contribution >= 0.6 is 0 Å². The Morgan fingerprint density at radius 2 is 0.711 bits per heavy atom. The van der Waals surface area contributed by atoms with Gasteiger partial charge < -0.3 is 27.7 Å². The predicted molar refractivity (Wildman–Crippen MR) is 390 cm³/mol. The van der Waals surface area contributed by atoms with Crippen molar-refractivity contribution >= 4 is 69.2 Å². The van der Waals surface area contributed by atoms with Gasteiger partial charge in [-0.2, -0.15) is 0 Å². The fourth-order valence-corrected chi connectivity index (χ4v) is 25.4. The number of ketones is 2. The number of aromatic nitrogens is 8. The number of carbonyl (C=O) groups is 2. The second kappa shape index (κ2) is 24.3. The number of nitrogens with zero attached hydrogens (tertiary/aromatic N) is 8. The molecule has 97 heavy (non-hydrogen) atoms. The van der Waals surface area contributed by atoms with Crippen LogP contribution in [0.15, 0.2) is 268 Å². The standard InChI is InChI=1S/C83H68N8O4Si2/c1-54-57(4)89(51-85-54)75-30-19-29-74(88-42-41-84-50-88)72(75)48-94-62-35-39-82-70(45-62)68-43-60(33-37-80(68)96(82,64-21-11-7-12-22-64)65-23-13-8-14-24-65)78(92)47-79(93)61-34-38-81-69(44-61)71-46-63(36-40-83(71)97(81,66-25-15-9-16-26-66)67-27-17-10-18-28-67)95-49-73-76(90-52-86-55(2)58(90)5)31-20-32-77(73)91-53-87-56(3)59(91)6/h7-46,50-53H,47-49H2,1-6H3. The van der Waals surface area contributed by atoms with Crippen LogP contribution in [-0.2, 0) is 13.2 Å². The molecule has 0 unspecified atom stereocenters. The van der Waals surface area contributed by atoms with Gasteiger partial charge in [-0.1, -0.05) is 170 Å².